The predicted octanol–water partition coefficient (Wildman–Crippen LogP) is -1.74. The number of rotatable bonds is 17. The van der Waals surface area contributed by atoms with Gasteiger partial charge in [0.25, 0.3) is 0 Å². The minimum atomic E-state index is -1.61. The van der Waals surface area contributed by atoms with Crippen molar-refractivity contribution in [1.82, 2.24) is 62.8 Å². The Morgan fingerprint density at radius 1 is 0.734 bits per heavy atom. The molecule has 4 aromatic rings. The van der Waals surface area contributed by atoms with E-state index in [9.17, 15) is 47.9 Å². The van der Waals surface area contributed by atoms with E-state index in [0.717, 1.165) is 10.9 Å². The van der Waals surface area contributed by atoms with Crippen LogP contribution in [-0.2, 0) is 67.2 Å². The van der Waals surface area contributed by atoms with Crippen LogP contribution in [0, 0.1) is 0 Å². The number of unbranched alkanes of at least 4 members (excludes halogenated alkanes) is 1. The zero-order chi connectivity index (χ0) is 57.4. The molecule has 26 heteroatoms. The quantitative estimate of drug-likeness (QED) is 0.0318. The molecule has 3 heterocycles. The lowest BCUT2D eigenvalue weighted by atomic mass is 10.0. The number of carbonyl (C=O) groups excluding carboxylic acids is 10. The molecule has 5 rings (SSSR count). The largest absolute Gasteiger partial charge is 0.370 e. The predicted molar refractivity (Wildman–Crippen MR) is 291 cm³/mol. The van der Waals surface area contributed by atoms with Gasteiger partial charge in [0.05, 0.1) is 12.7 Å². The lowest BCUT2D eigenvalue weighted by Crippen LogP contribution is -2.61. The van der Waals surface area contributed by atoms with Gasteiger partial charge in [-0.15, -0.1) is 0 Å². The maximum absolute atomic E-state index is 14.8. The molecule has 1 aliphatic rings. The molecule has 0 bridgehead atoms. The van der Waals surface area contributed by atoms with Gasteiger partial charge in [-0.1, -0.05) is 68.3 Å². The number of para-hydroxylation sites is 1. The van der Waals surface area contributed by atoms with Gasteiger partial charge in [-0.3, -0.25) is 52.9 Å². The van der Waals surface area contributed by atoms with Gasteiger partial charge in [0.1, 0.15) is 48.3 Å². The van der Waals surface area contributed by atoms with E-state index in [0.29, 0.717) is 29.7 Å². The number of H-pyrrole nitrogens is 2. The Bertz CT molecular complexity index is 2760. The van der Waals surface area contributed by atoms with Crippen molar-refractivity contribution in [2.45, 2.75) is 146 Å². The summed E-state index contributed by atoms with van der Waals surface area (Å²) >= 11 is 0. The Morgan fingerprint density at radius 2 is 1.38 bits per heavy atom. The van der Waals surface area contributed by atoms with Crippen molar-refractivity contribution in [3.8, 4) is 0 Å². The summed E-state index contributed by atoms with van der Waals surface area (Å²) < 4.78 is 0. The van der Waals surface area contributed by atoms with E-state index in [2.05, 4.69) is 67.8 Å². The van der Waals surface area contributed by atoms with Gasteiger partial charge in [0.15, 0.2) is 5.96 Å². The Morgan fingerprint density at radius 3 is 2.05 bits per heavy atom. The fraction of sp³-hybridized carbons (Fsp3) is 0.472. The summed E-state index contributed by atoms with van der Waals surface area (Å²) in [4.78, 5) is 153. The third-order valence-corrected chi connectivity index (χ3v) is 13.1. The molecule has 0 spiro atoms. The first-order chi connectivity index (χ1) is 37.8. The molecule has 1 fully saturated rings. The molecule has 1 aliphatic heterocycles. The van der Waals surface area contributed by atoms with E-state index in [1.165, 1.54) is 26.4 Å². The number of carbonyl (C=O) groups is 10. The maximum atomic E-state index is 14.8. The normalized spacial score (nSPS) is 22.1. The van der Waals surface area contributed by atoms with Crippen molar-refractivity contribution in [3.05, 3.63) is 90.1 Å². The van der Waals surface area contributed by atoms with Crippen molar-refractivity contribution in [3.63, 3.8) is 0 Å². The van der Waals surface area contributed by atoms with E-state index in [-0.39, 0.29) is 76.8 Å². The number of nitrogens with two attached hydrogens (primary N) is 3. The number of amides is 10. The summed E-state index contributed by atoms with van der Waals surface area (Å²) in [5, 5.41) is 24.8. The highest BCUT2D eigenvalue weighted by molar-refractivity contribution is 5.99. The smallest absolute Gasteiger partial charge is 0.243 e. The van der Waals surface area contributed by atoms with E-state index in [4.69, 9.17) is 17.2 Å². The number of aromatic amines is 2. The Kier molecular flexibility index (Phi) is 23.8. The minimum Gasteiger partial charge on any atom is -0.370 e. The van der Waals surface area contributed by atoms with Crippen molar-refractivity contribution < 1.29 is 47.9 Å². The van der Waals surface area contributed by atoms with Gasteiger partial charge in [0, 0.05) is 68.3 Å². The van der Waals surface area contributed by atoms with Crippen molar-refractivity contribution in [1.29, 1.82) is 0 Å². The molecular formula is C53H74N16O10. The fourth-order valence-corrected chi connectivity index (χ4v) is 8.80. The number of primary amides is 1. The summed E-state index contributed by atoms with van der Waals surface area (Å²) in [5.41, 5.74) is 19.2. The van der Waals surface area contributed by atoms with Crippen LogP contribution in [-0.4, -0.2) is 141 Å². The first-order valence-electron chi connectivity index (χ1n) is 26.4. The van der Waals surface area contributed by atoms with E-state index < -0.39 is 114 Å². The second-order valence-corrected chi connectivity index (χ2v) is 19.4. The second kappa shape index (κ2) is 30.8. The maximum Gasteiger partial charge on any atom is 0.243 e. The number of imidazole rings is 1. The highest BCUT2D eigenvalue weighted by atomic mass is 16.2. The van der Waals surface area contributed by atoms with E-state index in [1.54, 1.807) is 42.6 Å². The van der Waals surface area contributed by atoms with E-state index in [1.807, 2.05) is 25.1 Å². The molecule has 8 atom stereocenters. The number of aliphatic imine (C=N–C) groups is 1. The average molecular weight is 1100 g/mol. The molecule has 1 saturated heterocycles. The molecule has 0 saturated carbocycles. The summed E-state index contributed by atoms with van der Waals surface area (Å²) in [6.45, 7) is 4.57. The highest BCUT2D eigenvalue weighted by Crippen LogP contribution is 2.20. The molecule has 17 N–H and O–H groups in total. The summed E-state index contributed by atoms with van der Waals surface area (Å²) in [6, 6.07) is 5.07. The summed E-state index contributed by atoms with van der Waals surface area (Å²) in [6.07, 6.45) is 5.38. The number of nitrogens with one attached hydrogen (secondary N) is 11. The Labute approximate surface area is 456 Å². The highest BCUT2D eigenvalue weighted by Gasteiger charge is 2.35. The Balaban J connectivity index is 1.56. The number of hydrogen-bond donors (Lipinski definition) is 14. The number of nitrogens with zero attached hydrogens (tertiary/aromatic N) is 2. The van der Waals surface area contributed by atoms with Gasteiger partial charge >= 0.3 is 0 Å². The zero-order valence-corrected chi connectivity index (χ0v) is 44.7. The number of hydrogen-bond acceptors (Lipinski definition) is 12. The fourth-order valence-electron chi connectivity index (χ4n) is 8.80. The number of benzene rings is 2. The SMILES string of the molecule is CCCC[C@H](NC(C)=O)C(=O)N[C@H]1CC(=O)NCCCC[C@@H](C(N)=O)NC(=O)[C@H](C)NC(=O)[C@@H](Cc2c[nH]c3ccccc23)NC(=O)[C@H](CCCN=C(N)N)NC(=O)[C@H](Cc2ccccc2)NC(=O)[C@H](Cc2cnc[nH]2)NC1=O. The van der Waals surface area contributed by atoms with Gasteiger partial charge < -0.3 is 75.0 Å². The third-order valence-electron chi connectivity index (χ3n) is 13.1. The van der Waals surface area contributed by atoms with Crippen LogP contribution in [0.15, 0.2) is 78.3 Å². The van der Waals surface area contributed by atoms with Crippen molar-refractivity contribution in [2.24, 2.45) is 22.2 Å². The molecular weight excluding hydrogens is 1020 g/mol. The molecule has 0 unspecified atom stereocenters. The van der Waals surface area contributed by atoms with Crippen LogP contribution in [0.4, 0.5) is 0 Å². The third kappa shape index (κ3) is 19.9. The summed E-state index contributed by atoms with van der Waals surface area (Å²) in [5.74, 6) is -8.13. The number of guanidine groups is 1. The first kappa shape index (κ1) is 61.0. The monoisotopic (exact) mass is 1090 g/mol. The molecule has 10 amide bonds. The number of aromatic nitrogens is 3. The van der Waals surface area contributed by atoms with Gasteiger partial charge in [-0.2, -0.15) is 0 Å². The second-order valence-electron chi connectivity index (χ2n) is 19.4. The van der Waals surface area contributed by atoms with Crippen LogP contribution in [0.1, 0.15) is 95.4 Å². The van der Waals surface area contributed by atoms with Crippen LogP contribution < -0.4 is 65.1 Å². The number of fused-ring (bicyclic) bond motifs is 1. The molecule has 2 aromatic carbocycles. The Hall–Kier alpha value is -8.84. The van der Waals surface area contributed by atoms with Gasteiger partial charge in [-0.25, -0.2) is 4.98 Å². The molecule has 426 valence electrons. The van der Waals surface area contributed by atoms with Crippen LogP contribution in [0.5, 0.6) is 0 Å². The molecule has 0 aliphatic carbocycles. The van der Waals surface area contributed by atoms with Crippen molar-refractivity contribution >= 4 is 75.9 Å². The standard InChI is InChI=1S/C53H74N16O10/c1-4-5-17-38(63-31(3)70)47(74)69-43-26-44(71)58-21-12-11-19-37(45(54)72)64-46(73)30(2)62-49(76)41(24-33-27-60-36-18-10-9-16-35(33)36)67-48(75)39(20-13-22-59-53(55)56)65-50(77)40(23-32-14-7-6-8-15-32)66-51(78)42(68-52(43)79)25-34-28-57-29-61-34/h6-10,14-16,18,27-30,37-43,60H,4-5,11-13,17,19-26H2,1-3H3,(H2,54,72)(H,57,61)(H,58,71)(H,62,76)(H,63,70)(H,64,73)(H,65,77)(H,66,78)(H,67,75)(H,68,79)(H,69,74)(H4,55,56,59)/t30-,37-,38-,39-,40-,41+,42-,43-/m0/s1. The topological polar surface area (TPSA) is 414 Å². The molecule has 26 nitrogen and oxygen atoms in total. The zero-order valence-electron chi connectivity index (χ0n) is 44.7. The first-order valence-corrected chi connectivity index (χ1v) is 26.4. The van der Waals surface area contributed by atoms with Crippen LogP contribution >= 0.6 is 0 Å². The molecule has 2 aromatic heterocycles. The minimum absolute atomic E-state index is 0.0222. The van der Waals surface area contributed by atoms with Crippen molar-refractivity contribution in [2.75, 3.05) is 13.1 Å². The van der Waals surface area contributed by atoms with Crippen LogP contribution in [0.25, 0.3) is 10.9 Å². The summed E-state index contributed by atoms with van der Waals surface area (Å²) in [7, 11) is 0. The lowest BCUT2D eigenvalue weighted by Gasteiger charge is -2.28. The molecule has 0 radical (unpaired) electrons. The van der Waals surface area contributed by atoms with Crippen LogP contribution in [0.2, 0.25) is 0 Å². The van der Waals surface area contributed by atoms with Crippen LogP contribution in [0.3, 0.4) is 0 Å². The van der Waals surface area contributed by atoms with Gasteiger partial charge in [0.2, 0.25) is 59.1 Å². The average Bonchev–Trinajstić information content (AvgIpc) is 4.10. The van der Waals surface area contributed by atoms with Gasteiger partial charge in [-0.05, 0) is 62.6 Å². The lowest BCUT2D eigenvalue weighted by molar-refractivity contribution is -0.136. The molecule has 79 heavy (non-hydrogen) atoms. The van der Waals surface area contributed by atoms with E-state index >= 15 is 0 Å².